The quantitative estimate of drug-likeness (QED) is 0.907. The minimum Gasteiger partial charge on any atom is -0.497 e. The maximum atomic E-state index is 12.9. The molecule has 0 aliphatic rings. The highest BCUT2D eigenvalue weighted by molar-refractivity contribution is 5.92. The average Bonchev–Trinajstić information content (AvgIpc) is 2.35. The number of amides is 1. The van der Waals surface area contributed by atoms with E-state index in [1.165, 1.54) is 13.2 Å². The number of rotatable bonds is 5. The average molecular weight is 291 g/mol. The maximum absolute atomic E-state index is 12.9. The predicted octanol–water partition coefficient (Wildman–Crippen LogP) is 3.08. The van der Waals surface area contributed by atoms with Crippen molar-refractivity contribution >= 4 is 11.6 Å². The fourth-order valence-corrected chi connectivity index (χ4v) is 1.42. The Morgan fingerprint density at radius 1 is 1.35 bits per heavy atom. The third kappa shape index (κ3) is 4.73. The standard InChI is InChI=1S/C13H16F3NO3/c1-8(2)20-7-12(18)17-11-5-4-9(19-3)6-10(11)13(14,15)16/h4-6,8H,7H2,1-3H3,(H,17,18). The first kappa shape index (κ1) is 16.3. The van der Waals surface area contributed by atoms with Crippen molar-refractivity contribution in [2.75, 3.05) is 19.0 Å². The van der Waals surface area contributed by atoms with Crippen LogP contribution < -0.4 is 10.1 Å². The molecule has 1 aromatic carbocycles. The van der Waals surface area contributed by atoms with E-state index in [0.717, 1.165) is 12.1 Å². The van der Waals surface area contributed by atoms with Gasteiger partial charge in [0.2, 0.25) is 5.91 Å². The summed E-state index contributed by atoms with van der Waals surface area (Å²) >= 11 is 0. The topological polar surface area (TPSA) is 47.6 Å². The van der Waals surface area contributed by atoms with E-state index >= 15 is 0 Å². The molecule has 0 bridgehead atoms. The SMILES string of the molecule is COc1ccc(NC(=O)COC(C)C)c(C(F)(F)F)c1. The fourth-order valence-electron chi connectivity index (χ4n) is 1.42. The number of carbonyl (C=O) groups excluding carboxylic acids is 1. The number of halogens is 3. The van der Waals surface area contributed by atoms with Crippen LogP contribution in [0.5, 0.6) is 5.75 Å². The van der Waals surface area contributed by atoms with Crippen LogP contribution in [0.3, 0.4) is 0 Å². The highest BCUT2D eigenvalue weighted by Gasteiger charge is 2.34. The number of alkyl halides is 3. The Morgan fingerprint density at radius 3 is 2.50 bits per heavy atom. The van der Waals surface area contributed by atoms with E-state index in [9.17, 15) is 18.0 Å². The Labute approximate surface area is 114 Å². The second-order valence-corrected chi connectivity index (χ2v) is 4.32. The second kappa shape index (κ2) is 6.60. The molecule has 1 aromatic rings. The van der Waals surface area contributed by atoms with E-state index < -0.39 is 17.6 Å². The van der Waals surface area contributed by atoms with Crippen molar-refractivity contribution < 1.29 is 27.4 Å². The molecule has 0 saturated heterocycles. The monoisotopic (exact) mass is 291 g/mol. The Hall–Kier alpha value is -1.76. The van der Waals surface area contributed by atoms with Crippen molar-refractivity contribution in [1.29, 1.82) is 0 Å². The maximum Gasteiger partial charge on any atom is 0.418 e. The summed E-state index contributed by atoms with van der Waals surface area (Å²) in [6.45, 7) is 3.14. The molecule has 0 heterocycles. The van der Waals surface area contributed by atoms with Gasteiger partial charge in [-0.2, -0.15) is 13.2 Å². The van der Waals surface area contributed by atoms with Gasteiger partial charge in [-0.15, -0.1) is 0 Å². The van der Waals surface area contributed by atoms with E-state index in [4.69, 9.17) is 9.47 Å². The molecule has 0 atom stereocenters. The van der Waals surface area contributed by atoms with Crippen molar-refractivity contribution in [2.45, 2.75) is 26.1 Å². The van der Waals surface area contributed by atoms with Crippen molar-refractivity contribution in [1.82, 2.24) is 0 Å². The summed E-state index contributed by atoms with van der Waals surface area (Å²) in [4.78, 5) is 11.5. The molecule has 4 nitrogen and oxygen atoms in total. The molecule has 1 rings (SSSR count). The zero-order valence-electron chi connectivity index (χ0n) is 11.4. The lowest BCUT2D eigenvalue weighted by Gasteiger charge is -2.15. The number of hydrogen-bond acceptors (Lipinski definition) is 3. The van der Waals surface area contributed by atoms with Crippen LogP contribution in [0.15, 0.2) is 18.2 Å². The lowest BCUT2D eigenvalue weighted by atomic mass is 10.1. The van der Waals surface area contributed by atoms with Crippen molar-refractivity contribution in [3.8, 4) is 5.75 Å². The van der Waals surface area contributed by atoms with E-state index in [1.54, 1.807) is 13.8 Å². The van der Waals surface area contributed by atoms with E-state index in [-0.39, 0.29) is 24.1 Å². The first-order chi connectivity index (χ1) is 9.24. The molecule has 1 amide bonds. The van der Waals surface area contributed by atoms with Gasteiger partial charge in [0.1, 0.15) is 12.4 Å². The van der Waals surface area contributed by atoms with Gasteiger partial charge in [0.15, 0.2) is 0 Å². The third-order valence-corrected chi connectivity index (χ3v) is 2.35. The van der Waals surface area contributed by atoms with Crippen LogP contribution in [0.25, 0.3) is 0 Å². The number of benzene rings is 1. The molecule has 0 aliphatic carbocycles. The molecule has 112 valence electrons. The molecular weight excluding hydrogens is 275 g/mol. The number of carbonyl (C=O) groups is 1. The lowest BCUT2D eigenvalue weighted by molar-refractivity contribution is -0.137. The van der Waals surface area contributed by atoms with E-state index in [0.29, 0.717) is 0 Å². The number of hydrogen-bond donors (Lipinski definition) is 1. The Balaban J connectivity index is 2.91. The van der Waals surface area contributed by atoms with Crippen molar-refractivity contribution in [3.63, 3.8) is 0 Å². The molecule has 0 aromatic heterocycles. The first-order valence-electron chi connectivity index (χ1n) is 5.90. The van der Waals surface area contributed by atoms with Gasteiger partial charge in [-0.3, -0.25) is 4.79 Å². The first-order valence-corrected chi connectivity index (χ1v) is 5.90. The van der Waals surface area contributed by atoms with Gasteiger partial charge < -0.3 is 14.8 Å². The Morgan fingerprint density at radius 2 is 2.00 bits per heavy atom. The van der Waals surface area contributed by atoms with Crippen LogP contribution >= 0.6 is 0 Å². The number of anilines is 1. The second-order valence-electron chi connectivity index (χ2n) is 4.32. The van der Waals surface area contributed by atoms with Crippen molar-refractivity contribution in [3.05, 3.63) is 23.8 Å². The summed E-state index contributed by atoms with van der Waals surface area (Å²) in [5, 5.41) is 2.18. The number of nitrogens with one attached hydrogen (secondary N) is 1. The molecule has 0 unspecified atom stereocenters. The molecular formula is C13H16F3NO3. The third-order valence-electron chi connectivity index (χ3n) is 2.35. The summed E-state index contributed by atoms with van der Waals surface area (Å²) in [5.41, 5.74) is -1.29. The number of ether oxygens (including phenoxy) is 2. The summed E-state index contributed by atoms with van der Waals surface area (Å²) in [5.74, 6) is -0.580. The van der Waals surface area contributed by atoms with E-state index in [2.05, 4.69) is 5.32 Å². The summed E-state index contributed by atoms with van der Waals surface area (Å²) in [6.07, 6.45) is -4.77. The van der Waals surface area contributed by atoms with Crippen LogP contribution in [0.2, 0.25) is 0 Å². The smallest absolute Gasteiger partial charge is 0.418 e. The predicted molar refractivity (Wildman–Crippen MR) is 67.7 cm³/mol. The molecule has 7 heteroatoms. The molecule has 0 fully saturated rings. The van der Waals surface area contributed by atoms with Crippen LogP contribution in [0.4, 0.5) is 18.9 Å². The van der Waals surface area contributed by atoms with Crippen LogP contribution in [-0.4, -0.2) is 25.7 Å². The van der Waals surface area contributed by atoms with Gasteiger partial charge in [-0.05, 0) is 32.0 Å². The Kier molecular flexibility index (Phi) is 5.38. The lowest BCUT2D eigenvalue weighted by Crippen LogP contribution is -2.22. The largest absolute Gasteiger partial charge is 0.497 e. The minimum absolute atomic E-state index is 0.0637. The van der Waals surface area contributed by atoms with Gasteiger partial charge in [0.25, 0.3) is 0 Å². The molecule has 0 saturated carbocycles. The summed E-state index contributed by atoms with van der Waals surface area (Å²) < 4.78 is 48.5. The summed E-state index contributed by atoms with van der Waals surface area (Å²) in [7, 11) is 1.27. The van der Waals surface area contributed by atoms with Crippen LogP contribution in [-0.2, 0) is 15.7 Å². The molecule has 0 spiro atoms. The Bertz CT molecular complexity index is 472. The van der Waals surface area contributed by atoms with Crippen LogP contribution in [0.1, 0.15) is 19.4 Å². The molecule has 20 heavy (non-hydrogen) atoms. The highest BCUT2D eigenvalue weighted by atomic mass is 19.4. The molecule has 0 aliphatic heterocycles. The number of methoxy groups -OCH3 is 1. The fraction of sp³-hybridized carbons (Fsp3) is 0.462. The normalized spacial score (nSPS) is 11.6. The van der Waals surface area contributed by atoms with Crippen molar-refractivity contribution in [2.24, 2.45) is 0 Å². The van der Waals surface area contributed by atoms with Gasteiger partial charge in [0.05, 0.1) is 24.5 Å². The summed E-state index contributed by atoms with van der Waals surface area (Å²) in [6, 6.07) is 3.32. The van der Waals surface area contributed by atoms with Gasteiger partial charge in [0, 0.05) is 0 Å². The van der Waals surface area contributed by atoms with Gasteiger partial charge >= 0.3 is 6.18 Å². The van der Waals surface area contributed by atoms with E-state index in [1.807, 2.05) is 0 Å². The highest BCUT2D eigenvalue weighted by Crippen LogP contribution is 2.37. The van der Waals surface area contributed by atoms with Gasteiger partial charge in [-0.1, -0.05) is 0 Å². The molecule has 1 N–H and O–H groups in total. The van der Waals surface area contributed by atoms with Crippen LogP contribution in [0, 0.1) is 0 Å². The molecule has 0 radical (unpaired) electrons. The zero-order valence-corrected chi connectivity index (χ0v) is 11.4. The van der Waals surface area contributed by atoms with Gasteiger partial charge in [-0.25, -0.2) is 0 Å². The minimum atomic E-state index is -4.59. The zero-order chi connectivity index (χ0) is 15.3.